The number of imidazole rings is 1. The Balaban J connectivity index is 1.74. The van der Waals surface area contributed by atoms with Crippen molar-refractivity contribution in [3.05, 3.63) is 52.3 Å². The van der Waals surface area contributed by atoms with E-state index in [0.29, 0.717) is 18.2 Å². The van der Waals surface area contributed by atoms with Crippen molar-refractivity contribution in [1.82, 2.24) is 14.9 Å². The van der Waals surface area contributed by atoms with Crippen molar-refractivity contribution in [2.24, 2.45) is 0 Å². The van der Waals surface area contributed by atoms with Gasteiger partial charge in [-0.3, -0.25) is 0 Å². The monoisotopic (exact) mass is 323 g/mol. The summed E-state index contributed by atoms with van der Waals surface area (Å²) in [6.07, 6.45) is 6.16. The van der Waals surface area contributed by atoms with E-state index in [2.05, 4.69) is 26.2 Å². The van der Waals surface area contributed by atoms with Crippen molar-refractivity contribution in [3.8, 4) is 0 Å². The van der Waals surface area contributed by atoms with Crippen molar-refractivity contribution in [1.29, 1.82) is 0 Å². The van der Waals surface area contributed by atoms with E-state index in [1.54, 1.807) is 12.3 Å². The molecule has 1 N–H and O–H groups in total. The molecule has 0 aliphatic heterocycles. The fourth-order valence-electron chi connectivity index (χ4n) is 2.02. The summed E-state index contributed by atoms with van der Waals surface area (Å²) < 4.78 is 16.6. The van der Waals surface area contributed by atoms with Gasteiger partial charge in [0.05, 0.1) is 13.1 Å². The normalized spacial score (nSPS) is 14.8. The summed E-state index contributed by atoms with van der Waals surface area (Å²) in [5.41, 5.74) is 0.667. The van der Waals surface area contributed by atoms with Crippen molar-refractivity contribution in [2.75, 3.05) is 0 Å². The summed E-state index contributed by atoms with van der Waals surface area (Å²) >= 11 is 3.37. The third-order valence-electron chi connectivity index (χ3n) is 3.28. The van der Waals surface area contributed by atoms with Gasteiger partial charge in [0.1, 0.15) is 11.6 Å². The molecular formula is C14H15BrFN3. The van der Waals surface area contributed by atoms with Crippen LogP contribution in [0.5, 0.6) is 0 Å². The predicted octanol–water partition coefficient (Wildman–Crippen LogP) is 3.09. The van der Waals surface area contributed by atoms with Gasteiger partial charge in [0.2, 0.25) is 0 Å². The molecule has 1 aromatic carbocycles. The Morgan fingerprint density at radius 1 is 1.42 bits per heavy atom. The molecule has 19 heavy (non-hydrogen) atoms. The topological polar surface area (TPSA) is 29.9 Å². The first kappa shape index (κ1) is 12.8. The van der Waals surface area contributed by atoms with Gasteiger partial charge in [-0.25, -0.2) is 9.37 Å². The molecule has 0 unspecified atom stereocenters. The van der Waals surface area contributed by atoms with E-state index in [1.807, 2.05) is 16.8 Å². The molecule has 5 heteroatoms. The van der Waals surface area contributed by atoms with Gasteiger partial charge in [-0.05, 0) is 31.0 Å². The summed E-state index contributed by atoms with van der Waals surface area (Å²) in [4.78, 5) is 4.33. The van der Waals surface area contributed by atoms with Gasteiger partial charge in [-0.1, -0.05) is 15.9 Å². The maximum Gasteiger partial charge on any atom is 0.128 e. The third kappa shape index (κ3) is 3.22. The minimum Gasteiger partial charge on any atom is -0.329 e. The van der Waals surface area contributed by atoms with Crippen LogP contribution in [0.3, 0.4) is 0 Å². The van der Waals surface area contributed by atoms with Crippen LogP contribution >= 0.6 is 15.9 Å². The lowest BCUT2D eigenvalue weighted by Crippen LogP contribution is -2.19. The molecule has 2 aromatic rings. The summed E-state index contributed by atoms with van der Waals surface area (Å²) in [6.45, 7) is 1.25. The second kappa shape index (κ2) is 5.43. The molecule has 1 heterocycles. The molecule has 1 saturated carbocycles. The Morgan fingerprint density at radius 3 is 3.05 bits per heavy atom. The molecule has 0 amide bonds. The van der Waals surface area contributed by atoms with E-state index in [4.69, 9.17) is 0 Å². The maximum atomic E-state index is 13.7. The number of hydrogen-bond donors (Lipinski definition) is 1. The Hall–Kier alpha value is -1.20. The van der Waals surface area contributed by atoms with Crippen LogP contribution in [0.15, 0.2) is 35.1 Å². The molecule has 100 valence electrons. The van der Waals surface area contributed by atoms with Crippen LogP contribution in [0, 0.1) is 5.82 Å². The Labute approximate surface area is 120 Å². The van der Waals surface area contributed by atoms with Crippen molar-refractivity contribution in [3.63, 3.8) is 0 Å². The fraction of sp³-hybridized carbons (Fsp3) is 0.357. The zero-order chi connectivity index (χ0) is 13.2. The minimum atomic E-state index is -0.182. The highest BCUT2D eigenvalue weighted by molar-refractivity contribution is 9.10. The molecule has 0 radical (unpaired) electrons. The average molecular weight is 324 g/mol. The Bertz CT molecular complexity index is 578. The molecule has 3 nitrogen and oxygen atoms in total. The van der Waals surface area contributed by atoms with Crippen LogP contribution in [0.25, 0.3) is 0 Å². The number of nitrogens with one attached hydrogen (secondary N) is 1. The first-order valence-corrected chi connectivity index (χ1v) is 7.19. The predicted molar refractivity (Wildman–Crippen MR) is 75.3 cm³/mol. The Kier molecular flexibility index (Phi) is 3.66. The summed E-state index contributed by atoms with van der Waals surface area (Å²) in [6, 6.07) is 5.65. The highest BCUT2D eigenvalue weighted by Crippen LogP contribution is 2.20. The van der Waals surface area contributed by atoms with Crippen molar-refractivity contribution < 1.29 is 4.39 Å². The second-order valence-electron chi connectivity index (χ2n) is 4.86. The van der Waals surface area contributed by atoms with Crippen LogP contribution in [-0.2, 0) is 13.1 Å². The lowest BCUT2D eigenvalue weighted by atomic mass is 10.2. The molecule has 0 saturated heterocycles. The quantitative estimate of drug-likeness (QED) is 0.916. The van der Waals surface area contributed by atoms with Gasteiger partial charge in [-0.15, -0.1) is 0 Å². The molecule has 0 atom stereocenters. The van der Waals surface area contributed by atoms with Gasteiger partial charge in [0, 0.05) is 28.5 Å². The van der Waals surface area contributed by atoms with Crippen LogP contribution in [0.1, 0.15) is 24.2 Å². The first-order chi connectivity index (χ1) is 9.22. The third-order valence-corrected chi connectivity index (χ3v) is 3.77. The number of benzene rings is 1. The molecule has 3 rings (SSSR count). The standard InChI is InChI=1S/C14H15BrFN3/c15-11-1-4-13(16)10(7-11)9-19-6-5-17-14(19)8-18-12-2-3-12/h1,4-7,12,18H,2-3,8-9H2. The molecule has 0 bridgehead atoms. The largest absolute Gasteiger partial charge is 0.329 e. The van der Waals surface area contributed by atoms with Crippen LogP contribution in [0.2, 0.25) is 0 Å². The number of halogens is 2. The minimum absolute atomic E-state index is 0.182. The van der Waals surface area contributed by atoms with Gasteiger partial charge in [0.25, 0.3) is 0 Å². The zero-order valence-corrected chi connectivity index (χ0v) is 12.0. The van der Waals surface area contributed by atoms with Gasteiger partial charge >= 0.3 is 0 Å². The number of nitrogens with zero attached hydrogens (tertiary/aromatic N) is 2. The highest BCUT2D eigenvalue weighted by Gasteiger charge is 2.20. The van der Waals surface area contributed by atoms with E-state index in [1.165, 1.54) is 18.9 Å². The zero-order valence-electron chi connectivity index (χ0n) is 10.4. The van der Waals surface area contributed by atoms with Crippen LogP contribution in [0.4, 0.5) is 4.39 Å². The van der Waals surface area contributed by atoms with E-state index < -0.39 is 0 Å². The van der Waals surface area contributed by atoms with Crippen molar-refractivity contribution in [2.45, 2.75) is 32.0 Å². The van der Waals surface area contributed by atoms with Gasteiger partial charge in [0.15, 0.2) is 0 Å². The average Bonchev–Trinajstić information content (AvgIpc) is 3.12. The molecular weight excluding hydrogens is 309 g/mol. The fourth-order valence-corrected chi connectivity index (χ4v) is 2.43. The molecule has 1 aliphatic rings. The van der Waals surface area contributed by atoms with Crippen molar-refractivity contribution >= 4 is 15.9 Å². The van der Waals surface area contributed by atoms with Crippen LogP contribution in [-0.4, -0.2) is 15.6 Å². The van der Waals surface area contributed by atoms with Crippen LogP contribution < -0.4 is 5.32 Å². The van der Waals surface area contributed by atoms with E-state index >= 15 is 0 Å². The maximum absolute atomic E-state index is 13.7. The van der Waals surface area contributed by atoms with Gasteiger partial charge < -0.3 is 9.88 Å². The summed E-state index contributed by atoms with van der Waals surface area (Å²) in [5.74, 6) is 0.768. The van der Waals surface area contributed by atoms with E-state index in [-0.39, 0.29) is 5.82 Å². The first-order valence-electron chi connectivity index (χ1n) is 6.40. The Morgan fingerprint density at radius 2 is 2.26 bits per heavy atom. The van der Waals surface area contributed by atoms with E-state index in [0.717, 1.165) is 16.8 Å². The lowest BCUT2D eigenvalue weighted by Gasteiger charge is -2.10. The number of hydrogen-bond acceptors (Lipinski definition) is 2. The number of aromatic nitrogens is 2. The van der Waals surface area contributed by atoms with E-state index in [9.17, 15) is 4.39 Å². The molecule has 1 aliphatic carbocycles. The smallest absolute Gasteiger partial charge is 0.128 e. The number of rotatable bonds is 5. The SMILES string of the molecule is Fc1ccc(Br)cc1Cn1ccnc1CNC1CC1. The molecule has 1 aromatic heterocycles. The molecule has 1 fully saturated rings. The summed E-state index contributed by atoms with van der Waals surface area (Å²) in [5, 5.41) is 3.42. The highest BCUT2D eigenvalue weighted by atomic mass is 79.9. The van der Waals surface area contributed by atoms with Gasteiger partial charge in [-0.2, -0.15) is 0 Å². The lowest BCUT2D eigenvalue weighted by molar-refractivity contribution is 0.581. The molecule has 0 spiro atoms. The second-order valence-corrected chi connectivity index (χ2v) is 5.78. The summed E-state index contributed by atoms with van der Waals surface area (Å²) in [7, 11) is 0.